The Morgan fingerprint density at radius 3 is 2.57 bits per heavy atom. The lowest BCUT2D eigenvalue weighted by atomic mass is 10.1. The summed E-state index contributed by atoms with van der Waals surface area (Å²) < 4.78 is 12.6. The van der Waals surface area contributed by atoms with Crippen LogP contribution >= 0.6 is 0 Å². The van der Waals surface area contributed by atoms with Gasteiger partial charge in [-0.3, -0.25) is 4.79 Å². The Morgan fingerprint density at radius 2 is 2.00 bits per heavy atom. The van der Waals surface area contributed by atoms with E-state index in [0.717, 1.165) is 0 Å². The predicted molar refractivity (Wildman–Crippen MR) is 48.4 cm³/mol. The highest BCUT2D eigenvalue weighted by Gasteiger charge is 2.09. The molecule has 1 heterocycles. The number of imidazole rings is 1. The Bertz CT molecular complexity index is 434. The van der Waals surface area contributed by atoms with E-state index in [1.54, 1.807) is 0 Å². The normalized spacial score (nSPS) is 10.1. The van der Waals surface area contributed by atoms with Crippen molar-refractivity contribution in [2.75, 3.05) is 0 Å². The topological polar surface area (TPSA) is 45.8 Å². The molecule has 0 radical (unpaired) electrons. The number of aromatic nitrogens is 2. The summed E-state index contributed by atoms with van der Waals surface area (Å²) in [5, 5.41) is 0. The number of carbonyl (C=O) groups excluding carboxylic acids is 1. The number of aromatic amines is 1. The van der Waals surface area contributed by atoms with Crippen LogP contribution in [0.1, 0.15) is 16.1 Å². The van der Waals surface area contributed by atoms with Crippen LogP contribution in [-0.4, -0.2) is 15.8 Å². The molecule has 3 nitrogen and oxygen atoms in total. The summed E-state index contributed by atoms with van der Waals surface area (Å²) in [7, 11) is 0. The minimum absolute atomic E-state index is 0.216. The fourth-order valence-corrected chi connectivity index (χ4v) is 1.13. The number of halogens is 1. The number of hydrogen-bond acceptors (Lipinski definition) is 2. The van der Waals surface area contributed by atoms with Gasteiger partial charge in [-0.15, -0.1) is 0 Å². The van der Waals surface area contributed by atoms with Gasteiger partial charge in [0.2, 0.25) is 5.78 Å². The Hall–Kier alpha value is -1.97. The van der Waals surface area contributed by atoms with Gasteiger partial charge in [0.15, 0.2) is 0 Å². The average Bonchev–Trinajstić information content (AvgIpc) is 2.71. The molecular weight excluding hydrogens is 183 g/mol. The van der Waals surface area contributed by atoms with Gasteiger partial charge in [-0.25, -0.2) is 9.37 Å². The second kappa shape index (κ2) is 3.41. The number of ketones is 1. The van der Waals surface area contributed by atoms with Crippen molar-refractivity contribution < 1.29 is 9.18 Å². The van der Waals surface area contributed by atoms with Gasteiger partial charge in [-0.05, 0) is 24.3 Å². The number of carbonyl (C=O) groups is 1. The van der Waals surface area contributed by atoms with Crippen molar-refractivity contribution in [3.8, 4) is 0 Å². The first-order chi connectivity index (χ1) is 6.77. The number of rotatable bonds is 2. The predicted octanol–water partition coefficient (Wildman–Crippen LogP) is 1.78. The second-order valence-electron chi connectivity index (χ2n) is 2.79. The van der Waals surface area contributed by atoms with Crippen molar-refractivity contribution in [1.29, 1.82) is 0 Å². The number of benzene rings is 1. The molecule has 1 aromatic carbocycles. The molecule has 0 saturated heterocycles. The van der Waals surface area contributed by atoms with Gasteiger partial charge in [0.05, 0.1) is 6.33 Å². The van der Waals surface area contributed by atoms with Crippen LogP contribution in [0.3, 0.4) is 0 Å². The van der Waals surface area contributed by atoms with E-state index in [0.29, 0.717) is 11.3 Å². The van der Waals surface area contributed by atoms with E-state index in [9.17, 15) is 9.18 Å². The van der Waals surface area contributed by atoms with Crippen LogP contribution < -0.4 is 0 Å². The molecule has 0 spiro atoms. The van der Waals surface area contributed by atoms with Crippen molar-refractivity contribution >= 4 is 5.78 Å². The molecule has 14 heavy (non-hydrogen) atoms. The summed E-state index contributed by atoms with van der Waals surface area (Å²) in [5.41, 5.74) is 0.759. The van der Waals surface area contributed by atoms with E-state index in [1.807, 2.05) is 0 Å². The first-order valence-corrected chi connectivity index (χ1v) is 4.06. The quantitative estimate of drug-likeness (QED) is 0.733. The van der Waals surface area contributed by atoms with Crippen LogP contribution in [0, 0.1) is 5.82 Å². The van der Waals surface area contributed by atoms with Crippen LogP contribution in [0.4, 0.5) is 4.39 Å². The zero-order chi connectivity index (χ0) is 9.97. The lowest BCUT2D eigenvalue weighted by molar-refractivity contribution is 0.103. The first-order valence-electron chi connectivity index (χ1n) is 4.06. The van der Waals surface area contributed by atoms with E-state index >= 15 is 0 Å². The largest absolute Gasteiger partial charge is 0.350 e. The summed E-state index contributed by atoms with van der Waals surface area (Å²) in [6.45, 7) is 0. The lowest BCUT2D eigenvalue weighted by Crippen LogP contribution is -2.01. The number of H-pyrrole nitrogens is 1. The van der Waals surface area contributed by atoms with Gasteiger partial charge in [-0.1, -0.05) is 0 Å². The summed E-state index contributed by atoms with van der Waals surface area (Å²) >= 11 is 0. The summed E-state index contributed by atoms with van der Waals surface area (Å²) in [6, 6.07) is 5.37. The van der Waals surface area contributed by atoms with E-state index < -0.39 is 0 Å². The van der Waals surface area contributed by atoms with Crippen molar-refractivity contribution in [3.05, 3.63) is 53.9 Å². The molecule has 0 aliphatic rings. The summed E-state index contributed by atoms with van der Waals surface area (Å²) in [5.74, 6) is -0.574. The van der Waals surface area contributed by atoms with Crippen molar-refractivity contribution in [3.63, 3.8) is 0 Å². The van der Waals surface area contributed by atoms with Gasteiger partial charge in [0.25, 0.3) is 0 Å². The molecule has 0 fully saturated rings. The number of nitrogens with one attached hydrogen (secondary N) is 1. The maximum Gasteiger partial charge on any atom is 0.212 e. The molecule has 0 aliphatic carbocycles. The van der Waals surface area contributed by atoms with Crippen LogP contribution in [0.15, 0.2) is 36.8 Å². The van der Waals surface area contributed by atoms with E-state index in [4.69, 9.17) is 0 Å². The number of hydrogen-bond donors (Lipinski definition) is 1. The molecule has 0 aliphatic heterocycles. The monoisotopic (exact) mass is 190 g/mol. The molecule has 4 heteroatoms. The second-order valence-corrected chi connectivity index (χ2v) is 2.79. The molecule has 1 N–H and O–H groups in total. The van der Waals surface area contributed by atoms with Crippen molar-refractivity contribution in [2.24, 2.45) is 0 Å². The molecule has 70 valence electrons. The van der Waals surface area contributed by atoms with Crippen LogP contribution in [0.25, 0.3) is 0 Å². The minimum atomic E-state index is -0.358. The third kappa shape index (κ3) is 1.54. The summed E-state index contributed by atoms with van der Waals surface area (Å²) in [6.07, 6.45) is 2.93. The van der Waals surface area contributed by atoms with Gasteiger partial charge in [-0.2, -0.15) is 0 Å². The molecule has 0 saturated carbocycles. The fourth-order valence-electron chi connectivity index (χ4n) is 1.13. The summed E-state index contributed by atoms with van der Waals surface area (Å²) in [4.78, 5) is 18.1. The Labute approximate surface area is 79.6 Å². The molecular formula is C10H7FN2O. The average molecular weight is 190 g/mol. The third-order valence-electron chi connectivity index (χ3n) is 1.84. The first kappa shape index (κ1) is 8.62. The Kier molecular flexibility index (Phi) is 2.10. The Balaban J connectivity index is 2.33. The van der Waals surface area contributed by atoms with Gasteiger partial charge >= 0.3 is 0 Å². The molecule has 0 unspecified atom stereocenters. The minimum Gasteiger partial charge on any atom is -0.350 e. The smallest absolute Gasteiger partial charge is 0.212 e. The van der Waals surface area contributed by atoms with Gasteiger partial charge in [0, 0.05) is 11.8 Å². The highest BCUT2D eigenvalue weighted by Crippen LogP contribution is 2.07. The molecule has 0 amide bonds. The molecule has 0 atom stereocenters. The fraction of sp³-hybridized carbons (Fsp3) is 0. The van der Waals surface area contributed by atoms with Crippen LogP contribution in [0.2, 0.25) is 0 Å². The standard InChI is InChI=1S/C10H7FN2O/c11-8-3-1-7(2-4-8)10(14)9-5-12-6-13-9/h1-6H,(H,12,13). The van der Waals surface area contributed by atoms with Crippen molar-refractivity contribution in [2.45, 2.75) is 0 Å². The third-order valence-corrected chi connectivity index (χ3v) is 1.84. The molecule has 1 aromatic heterocycles. The van der Waals surface area contributed by atoms with Crippen molar-refractivity contribution in [1.82, 2.24) is 9.97 Å². The number of nitrogens with zero attached hydrogens (tertiary/aromatic N) is 1. The molecule has 0 bridgehead atoms. The van der Waals surface area contributed by atoms with Crippen LogP contribution in [0.5, 0.6) is 0 Å². The highest BCUT2D eigenvalue weighted by molar-refractivity contribution is 6.07. The van der Waals surface area contributed by atoms with E-state index in [2.05, 4.69) is 9.97 Å². The molecule has 2 aromatic rings. The van der Waals surface area contributed by atoms with Gasteiger partial charge < -0.3 is 4.98 Å². The molecule has 2 rings (SSSR count). The van der Waals surface area contributed by atoms with E-state index in [-0.39, 0.29) is 11.6 Å². The highest BCUT2D eigenvalue weighted by atomic mass is 19.1. The van der Waals surface area contributed by atoms with E-state index in [1.165, 1.54) is 36.8 Å². The maximum atomic E-state index is 12.6. The lowest BCUT2D eigenvalue weighted by Gasteiger charge is -1.96. The van der Waals surface area contributed by atoms with Gasteiger partial charge in [0.1, 0.15) is 11.5 Å². The van der Waals surface area contributed by atoms with Crippen LogP contribution in [-0.2, 0) is 0 Å². The zero-order valence-electron chi connectivity index (χ0n) is 7.20. The SMILES string of the molecule is O=C(c1ccc(F)cc1)c1c[nH]cn1. The zero-order valence-corrected chi connectivity index (χ0v) is 7.20. The Morgan fingerprint density at radius 1 is 1.29 bits per heavy atom. The maximum absolute atomic E-state index is 12.6.